The van der Waals surface area contributed by atoms with Crippen molar-refractivity contribution in [3.05, 3.63) is 124 Å². The fourth-order valence-electron chi connectivity index (χ4n) is 9.15. The number of hydrogen-bond acceptors (Lipinski definition) is 8. The third-order valence-electron chi connectivity index (χ3n) is 12.0. The number of piperidine rings is 3. The number of imidazole rings is 1. The van der Waals surface area contributed by atoms with Gasteiger partial charge in [0.2, 0.25) is 0 Å². The molecular weight excluding hydrogens is 714 g/mol. The summed E-state index contributed by atoms with van der Waals surface area (Å²) in [4.78, 5) is 28.9. The number of aromatic amines is 1. The lowest BCUT2D eigenvalue weighted by molar-refractivity contribution is 0.0976. The minimum Gasteiger partial charge on any atom is -0.379 e. The normalized spacial score (nSPS) is 24.4. The van der Waals surface area contributed by atoms with Crippen molar-refractivity contribution in [3.8, 4) is 11.4 Å². The predicted octanol–water partition coefficient (Wildman–Crippen LogP) is 7.91. The number of para-hydroxylation sites is 2. The number of pyridine rings is 1. The number of anilines is 2. The molecule has 7 heterocycles. The van der Waals surface area contributed by atoms with E-state index in [0.717, 1.165) is 78.4 Å². The summed E-state index contributed by atoms with van der Waals surface area (Å²) in [7, 11) is 0. The van der Waals surface area contributed by atoms with Gasteiger partial charge in [0, 0.05) is 60.1 Å². The molecule has 5 aliphatic heterocycles. The smallest absolute Gasteiger partial charge is 0.282 e. The minimum atomic E-state index is -0.271. The lowest BCUT2D eigenvalue weighted by Gasteiger charge is -2.45. The number of nitrogens with zero attached hydrogens (tertiary/aromatic N) is 5. The summed E-state index contributed by atoms with van der Waals surface area (Å²) in [6.07, 6.45) is 2.23. The summed E-state index contributed by atoms with van der Waals surface area (Å²) in [5.74, 6) is 3.34. The van der Waals surface area contributed by atoms with E-state index in [1.54, 1.807) is 6.07 Å². The highest BCUT2D eigenvalue weighted by atomic mass is 32.2. The standard InChI is InChI=1S/C43H44FN7OS2/c44-32-23-31-36(24-37(32)49-19-22-54-39(26-49)30-11-5-2-6-12-30)51(50-20-21-53-27-38(50)29-9-3-1-4-10-29)43(52)40(42-46-33-13-7-8-14-34(33)47-42)41(31)45-35-25-48-17-15-28(35)16-18-48/h1-14,23-24,28,35,38-39,45H,15-22,25-27H2,(H,46,47)/t35-,38?,39?/m0/s1. The number of thioether (sulfide) groups is 2. The molecule has 2 aromatic heterocycles. The second-order valence-corrected chi connectivity index (χ2v) is 17.5. The van der Waals surface area contributed by atoms with Crippen LogP contribution in [0.4, 0.5) is 15.8 Å². The second-order valence-electron chi connectivity index (χ2n) is 15.1. The Labute approximate surface area is 323 Å². The molecule has 276 valence electrons. The molecule has 0 saturated carbocycles. The van der Waals surface area contributed by atoms with Crippen molar-refractivity contribution in [2.24, 2.45) is 5.92 Å². The van der Waals surface area contributed by atoms with E-state index in [1.807, 2.05) is 70.7 Å². The van der Waals surface area contributed by atoms with Gasteiger partial charge in [0.05, 0.1) is 34.0 Å². The predicted molar refractivity (Wildman–Crippen MR) is 223 cm³/mol. The van der Waals surface area contributed by atoms with Crippen LogP contribution in [0.5, 0.6) is 0 Å². The molecule has 5 saturated heterocycles. The van der Waals surface area contributed by atoms with Crippen LogP contribution < -0.4 is 20.8 Å². The van der Waals surface area contributed by atoms with Crippen molar-refractivity contribution in [2.75, 3.05) is 71.8 Å². The first-order valence-electron chi connectivity index (χ1n) is 19.3. The largest absolute Gasteiger partial charge is 0.379 e. The van der Waals surface area contributed by atoms with Gasteiger partial charge < -0.3 is 25.1 Å². The first-order chi connectivity index (χ1) is 26.6. The maximum atomic E-state index is 17.0. The first-order valence-corrected chi connectivity index (χ1v) is 21.5. The summed E-state index contributed by atoms with van der Waals surface area (Å²) in [6, 6.07) is 32.7. The summed E-state index contributed by atoms with van der Waals surface area (Å²) in [5.41, 5.74) is 6.33. The topological polar surface area (TPSA) is 72.4 Å². The van der Waals surface area contributed by atoms with Gasteiger partial charge in [0.25, 0.3) is 5.56 Å². The molecule has 0 spiro atoms. The van der Waals surface area contributed by atoms with E-state index in [-0.39, 0.29) is 28.7 Å². The second kappa shape index (κ2) is 14.3. The van der Waals surface area contributed by atoms with Gasteiger partial charge in [-0.1, -0.05) is 72.8 Å². The molecule has 6 aromatic rings. The van der Waals surface area contributed by atoms with E-state index in [2.05, 4.69) is 73.6 Å². The minimum absolute atomic E-state index is 0.0441. The molecule has 4 aromatic carbocycles. The zero-order valence-electron chi connectivity index (χ0n) is 30.2. The summed E-state index contributed by atoms with van der Waals surface area (Å²) in [5, 5.41) is 7.08. The molecule has 2 N–H and O–H groups in total. The van der Waals surface area contributed by atoms with Gasteiger partial charge >= 0.3 is 0 Å². The average Bonchev–Trinajstić information content (AvgIpc) is 3.66. The van der Waals surface area contributed by atoms with E-state index < -0.39 is 0 Å². The first kappa shape index (κ1) is 34.1. The number of H-pyrrole nitrogens is 1. The monoisotopic (exact) mass is 757 g/mol. The van der Waals surface area contributed by atoms with Gasteiger partial charge in [-0.15, -0.1) is 0 Å². The Kier molecular flexibility index (Phi) is 9.04. The zero-order chi connectivity index (χ0) is 36.2. The number of halogens is 1. The van der Waals surface area contributed by atoms with Crippen molar-refractivity contribution < 1.29 is 4.39 Å². The summed E-state index contributed by atoms with van der Waals surface area (Å²) >= 11 is 3.83. The molecule has 0 aliphatic carbocycles. The summed E-state index contributed by atoms with van der Waals surface area (Å²) in [6.45, 7) is 5.21. The Balaban J connectivity index is 1.20. The van der Waals surface area contributed by atoms with E-state index >= 15 is 9.18 Å². The van der Waals surface area contributed by atoms with Gasteiger partial charge in [-0.05, 0) is 67.2 Å². The Bertz CT molecular complexity index is 2330. The fourth-order valence-corrected chi connectivity index (χ4v) is 11.5. The van der Waals surface area contributed by atoms with Crippen LogP contribution in [-0.2, 0) is 0 Å². The van der Waals surface area contributed by atoms with Crippen LogP contribution in [0.3, 0.4) is 0 Å². The quantitative estimate of drug-likeness (QED) is 0.170. The number of nitrogens with one attached hydrogen (secondary N) is 2. The highest BCUT2D eigenvalue weighted by Gasteiger charge is 2.37. The molecule has 54 heavy (non-hydrogen) atoms. The molecule has 3 atom stereocenters. The molecular formula is C43H44FN7OS2. The number of hydrogen-bond donors (Lipinski definition) is 2. The van der Waals surface area contributed by atoms with Crippen molar-refractivity contribution in [1.29, 1.82) is 0 Å². The molecule has 5 fully saturated rings. The highest BCUT2D eigenvalue weighted by Crippen LogP contribution is 2.42. The maximum absolute atomic E-state index is 17.0. The Hall–Kier alpha value is -4.45. The van der Waals surface area contributed by atoms with Gasteiger partial charge in [-0.2, -0.15) is 23.5 Å². The van der Waals surface area contributed by atoms with Gasteiger partial charge in [0.15, 0.2) is 0 Å². The molecule has 11 heteroatoms. The van der Waals surface area contributed by atoms with E-state index in [0.29, 0.717) is 47.2 Å². The Morgan fingerprint density at radius 3 is 2.35 bits per heavy atom. The van der Waals surface area contributed by atoms with E-state index in [1.165, 1.54) is 5.56 Å². The molecule has 2 unspecified atom stereocenters. The van der Waals surface area contributed by atoms with E-state index in [9.17, 15) is 0 Å². The molecule has 11 rings (SSSR count). The molecule has 0 radical (unpaired) electrons. The van der Waals surface area contributed by atoms with Crippen molar-refractivity contribution in [3.63, 3.8) is 0 Å². The van der Waals surface area contributed by atoms with Crippen LogP contribution in [0.2, 0.25) is 0 Å². The fraction of sp³-hybridized carbons (Fsp3) is 0.349. The SMILES string of the molecule is O=c1c(-c2nc3ccccc3[nH]2)c(N[C@H]2CN3CCC2CC3)c2cc(F)c(N3CCSC(c4ccccc4)C3)cc2n1N1CCSCC1c1ccccc1. The maximum Gasteiger partial charge on any atom is 0.282 e. The summed E-state index contributed by atoms with van der Waals surface area (Å²) < 4.78 is 18.9. The van der Waals surface area contributed by atoms with Gasteiger partial charge in [-0.25, -0.2) is 14.1 Å². The van der Waals surface area contributed by atoms with Gasteiger partial charge in [0.1, 0.15) is 17.2 Å². The van der Waals surface area contributed by atoms with Crippen LogP contribution in [0.15, 0.2) is 102 Å². The van der Waals surface area contributed by atoms with Crippen LogP contribution in [-0.4, -0.2) is 82.1 Å². The highest BCUT2D eigenvalue weighted by molar-refractivity contribution is 7.99. The molecule has 8 nitrogen and oxygen atoms in total. The lowest BCUT2D eigenvalue weighted by Crippen LogP contribution is -2.53. The zero-order valence-corrected chi connectivity index (χ0v) is 31.8. The van der Waals surface area contributed by atoms with Crippen LogP contribution in [0.25, 0.3) is 33.3 Å². The van der Waals surface area contributed by atoms with Gasteiger partial charge in [-0.3, -0.25) is 4.79 Å². The van der Waals surface area contributed by atoms with E-state index in [4.69, 9.17) is 4.98 Å². The van der Waals surface area contributed by atoms with Crippen LogP contribution >= 0.6 is 23.5 Å². The third-order valence-corrected chi connectivity index (χ3v) is 14.2. The molecule has 5 aliphatic rings. The number of rotatable bonds is 7. The average molecular weight is 758 g/mol. The molecule has 0 amide bonds. The number of fused-ring (bicyclic) bond motifs is 5. The number of aromatic nitrogens is 3. The molecule has 2 bridgehead atoms. The Morgan fingerprint density at radius 2 is 1.59 bits per heavy atom. The number of benzene rings is 4. The van der Waals surface area contributed by atoms with Crippen LogP contribution in [0.1, 0.15) is 35.3 Å². The van der Waals surface area contributed by atoms with Crippen LogP contribution in [0, 0.1) is 11.7 Å². The van der Waals surface area contributed by atoms with Crippen molar-refractivity contribution in [1.82, 2.24) is 19.5 Å². The third kappa shape index (κ3) is 6.14. The van der Waals surface area contributed by atoms with Crippen molar-refractivity contribution in [2.45, 2.75) is 30.2 Å². The van der Waals surface area contributed by atoms with Crippen molar-refractivity contribution >= 4 is 56.8 Å². The Morgan fingerprint density at radius 1 is 0.833 bits per heavy atom. The lowest BCUT2D eigenvalue weighted by atomic mass is 9.83.